The van der Waals surface area contributed by atoms with Crippen LogP contribution in [0.3, 0.4) is 0 Å². The van der Waals surface area contributed by atoms with Gasteiger partial charge >= 0.3 is 5.97 Å². The fourth-order valence-corrected chi connectivity index (χ4v) is 5.60. The Kier molecular flexibility index (Phi) is 7.78. The van der Waals surface area contributed by atoms with Crippen LogP contribution >= 0.6 is 22.9 Å². The molecule has 5 rings (SSSR count). The number of hydrogen-bond donors (Lipinski definition) is 0. The van der Waals surface area contributed by atoms with Gasteiger partial charge in [0.1, 0.15) is 24.2 Å². The summed E-state index contributed by atoms with van der Waals surface area (Å²) in [7, 11) is 1.50. The zero-order valence-electron chi connectivity index (χ0n) is 21.3. The van der Waals surface area contributed by atoms with Crippen molar-refractivity contribution in [3.05, 3.63) is 118 Å². The number of carbonyl (C=O) groups excluding carboxylic acids is 1. The van der Waals surface area contributed by atoms with Crippen molar-refractivity contribution < 1.29 is 23.6 Å². The van der Waals surface area contributed by atoms with E-state index in [2.05, 4.69) is 4.99 Å². The van der Waals surface area contributed by atoms with E-state index in [1.165, 1.54) is 23.8 Å². The first kappa shape index (κ1) is 27.3. The summed E-state index contributed by atoms with van der Waals surface area (Å²) >= 11 is 7.70. The maximum atomic E-state index is 13.8. The number of fused-ring (bicyclic) bond motifs is 1. The quantitative estimate of drug-likeness (QED) is 0.132. The highest BCUT2D eigenvalue weighted by Crippen LogP contribution is 2.34. The van der Waals surface area contributed by atoms with Gasteiger partial charge in [0.05, 0.1) is 27.3 Å². The van der Waals surface area contributed by atoms with E-state index in [0.29, 0.717) is 42.7 Å². The zero-order valence-corrected chi connectivity index (χ0v) is 22.9. The molecule has 0 N–H and O–H groups in total. The molecule has 204 valence electrons. The third-order valence-corrected chi connectivity index (χ3v) is 7.55. The molecule has 0 bridgehead atoms. The number of aromatic nitrogens is 1. The molecule has 2 aromatic heterocycles. The van der Waals surface area contributed by atoms with Crippen LogP contribution in [0, 0.1) is 10.1 Å². The summed E-state index contributed by atoms with van der Waals surface area (Å²) in [4.78, 5) is 42.4. The molecule has 10 nitrogen and oxygen atoms in total. The average Bonchev–Trinajstić information content (AvgIpc) is 3.52. The van der Waals surface area contributed by atoms with Crippen molar-refractivity contribution in [2.24, 2.45) is 4.99 Å². The van der Waals surface area contributed by atoms with Crippen molar-refractivity contribution in [2.75, 3.05) is 20.3 Å². The Labute approximate surface area is 236 Å². The third kappa shape index (κ3) is 5.26. The number of nitrogens with zero attached hydrogens (tertiary/aromatic N) is 3. The molecule has 0 saturated carbocycles. The number of furan rings is 1. The fraction of sp³-hybridized carbons (Fsp3) is 0.179. The first-order chi connectivity index (χ1) is 19.3. The lowest BCUT2D eigenvalue weighted by molar-refractivity contribution is -0.384. The van der Waals surface area contributed by atoms with Gasteiger partial charge in [-0.25, -0.2) is 9.79 Å². The van der Waals surface area contributed by atoms with Crippen LogP contribution in [0.15, 0.2) is 86.1 Å². The molecular formula is C28H22ClN3O7S. The third-order valence-electron chi connectivity index (χ3n) is 6.22. The second kappa shape index (κ2) is 11.4. The van der Waals surface area contributed by atoms with Gasteiger partial charge in [-0.05, 0) is 42.8 Å². The molecule has 1 aliphatic rings. The molecule has 40 heavy (non-hydrogen) atoms. The number of esters is 1. The second-order valence-electron chi connectivity index (χ2n) is 8.74. The number of ether oxygens (including phenoxy) is 2. The molecule has 1 aliphatic heterocycles. The van der Waals surface area contributed by atoms with Crippen LogP contribution in [-0.2, 0) is 14.3 Å². The molecule has 12 heteroatoms. The second-order valence-corrected chi connectivity index (χ2v) is 10.2. The molecule has 2 aromatic carbocycles. The van der Waals surface area contributed by atoms with Gasteiger partial charge < -0.3 is 13.9 Å². The normalized spacial score (nSPS) is 15.1. The van der Waals surface area contributed by atoms with Crippen molar-refractivity contribution >= 4 is 40.7 Å². The largest absolute Gasteiger partial charge is 0.460 e. The first-order valence-electron chi connectivity index (χ1n) is 12.1. The molecule has 4 aromatic rings. The van der Waals surface area contributed by atoms with Crippen LogP contribution in [-0.4, -0.2) is 35.8 Å². The number of methoxy groups -OCH3 is 1. The lowest BCUT2D eigenvalue weighted by atomic mass is 9.96. The Morgan fingerprint density at radius 1 is 1.18 bits per heavy atom. The number of nitro groups is 1. The van der Waals surface area contributed by atoms with Crippen LogP contribution in [0.1, 0.15) is 24.3 Å². The Bertz CT molecular complexity index is 1820. The highest BCUT2D eigenvalue weighted by atomic mass is 35.5. The predicted octanol–water partition coefficient (Wildman–Crippen LogP) is 4.25. The van der Waals surface area contributed by atoms with Gasteiger partial charge in [-0.2, -0.15) is 0 Å². The van der Waals surface area contributed by atoms with Crippen molar-refractivity contribution in [1.82, 2.24) is 4.57 Å². The summed E-state index contributed by atoms with van der Waals surface area (Å²) in [6, 6.07) is 15.5. The molecule has 0 fully saturated rings. The number of halogens is 1. The van der Waals surface area contributed by atoms with E-state index in [1.54, 1.807) is 61.5 Å². The van der Waals surface area contributed by atoms with Gasteiger partial charge in [0, 0.05) is 35.9 Å². The summed E-state index contributed by atoms with van der Waals surface area (Å²) in [5.41, 5.74) is 1.43. The smallest absolute Gasteiger partial charge is 0.338 e. The molecule has 0 unspecified atom stereocenters. The monoisotopic (exact) mass is 579 g/mol. The van der Waals surface area contributed by atoms with Crippen LogP contribution in [0.2, 0.25) is 5.02 Å². The van der Waals surface area contributed by atoms with Crippen LogP contribution < -0.4 is 14.9 Å². The van der Waals surface area contributed by atoms with Gasteiger partial charge in [0.15, 0.2) is 4.80 Å². The van der Waals surface area contributed by atoms with Gasteiger partial charge in [0.25, 0.3) is 11.2 Å². The number of non-ortho nitro benzene ring substituents is 1. The Morgan fingerprint density at radius 3 is 2.62 bits per heavy atom. The summed E-state index contributed by atoms with van der Waals surface area (Å²) in [6.07, 6.45) is 1.60. The van der Waals surface area contributed by atoms with Crippen molar-refractivity contribution in [1.29, 1.82) is 0 Å². The number of hydrogen-bond acceptors (Lipinski definition) is 9. The minimum atomic E-state index is -0.852. The van der Waals surface area contributed by atoms with E-state index in [4.69, 9.17) is 25.5 Å². The molecule has 0 radical (unpaired) electrons. The van der Waals surface area contributed by atoms with E-state index in [0.717, 1.165) is 11.3 Å². The molecule has 1 atom stereocenters. The highest BCUT2D eigenvalue weighted by Gasteiger charge is 2.34. The van der Waals surface area contributed by atoms with Crippen LogP contribution in [0.25, 0.3) is 17.4 Å². The standard InChI is InChI=1S/C28H22ClN3O7S/c1-16-24(27(34)38-14-13-37-2)25(20-5-3-4-6-21(20)29)31-26(33)23(40-28(31)30-16)15-19-11-12-22(39-19)17-7-9-18(10-8-17)32(35)36/h3-12,15,25H,13-14H2,1-2H3/b23-15-/t25-/m1/s1. The minimum Gasteiger partial charge on any atom is -0.460 e. The van der Waals surface area contributed by atoms with E-state index in [1.807, 2.05) is 0 Å². The average molecular weight is 580 g/mol. The molecule has 3 heterocycles. The summed E-state index contributed by atoms with van der Waals surface area (Å²) < 4.78 is 18.1. The molecular weight excluding hydrogens is 558 g/mol. The Hall–Kier alpha value is -4.32. The number of nitro benzene ring substituents is 1. The molecule has 0 spiro atoms. The van der Waals surface area contributed by atoms with Crippen molar-refractivity contribution in [3.8, 4) is 11.3 Å². The number of allylic oxidation sites excluding steroid dienone is 1. The number of rotatable bonds is 8. The number of carbonyl (C=O) groups is 1. The highest BCUT2D eigenvalue weighted by molar-refractivity contribution is 7.07. The topological polar surface area (TPSA) is 126 Å². The maximum Gasteiger partial charge on any atom is 0.338 e. The van der Waals surface area contributed by atoms with E-state index < -0.39 is 16.9 Å². The lowest BCUT2D eigenvalue weighted by Gasteiger charge is -2.25. The lowest BCUT2D eigenvalue weighted by Crippen LogP contribution is -2.40. The van der Waals surface area contributed by atoms with Crippen molar-refractivity contribution in [2.45, 2.75) is 13.0 Å². The van der Waals surface area contributed by atoms with Crippen molar-refractivity contribution in [3.63, 3.8) is 0 Å². The maximum absolute atomic E-state index is 13.8. The van der Waals surface area contributed by atoms with Crippen LogP contribution in [0.5, 0.6) is 0 Å². The van der Waals surface area contributed by atoms with Gasteiger partial charge in [0.2, 0.25) is 0 Å². The molecule has 0 amide bonds. The first-order valence-corrected chi connectivity index (χ1v) is 13.3. The fourth-order valence-electron chi connectivity index (χ4n) is 4.33. The Morgan fingerprint density at radius 2 is 1.93 bits per heavy atom. The van der Waals surface area contributed by atoms with E-state index >= 15 is 0 Å². The number of thiazole rings is 1. The number of benzene rings is 2. The SMILES string of the molecule is COCCOC(=O)C1=C(C)N=c2s/c(=C\c3ccc(-c4ccc([N+](=O)[O-])cc4)o3)c(=O)n2[C@@H]1c1ccccc1Cl. The van der Waals surface area contributed by atoms with E-state index in [9.17, 15) is 19.7 Å². The Balaban J connectivity index is 1.58. The van der Waals surface area contributed by atoms with Gasteiger partial charge in [-0.1, -0.05) is 41.1 Å². The molecule has 0 saturated heterocycles. The summed E-state index contributed by atoms with van der Waals surface area (Å²) in [6.45, 7) is 1.96. The van der Waals surface area contributed by atoms with E-state index in [-0.39, 0.29) is 30.0 Å². The summed E-state index contributed by atoms with van der Waals surface area (Å²) in [5.74, 6) is 0.277. The van der Waals surface area contributed by atoms with Crippen LogP contribution in [0.4, 0.5) is 5.69 Å². The zero-order chi connectivity index (χ0) is 28.4. The summed E-state index contributed by atoms with van der Waals surface area (Å²) in [5, 5.41) is 11.3. The molecule has 0 aliphatic carbocycles. The van der Waals surface area contributed by atoms with Gasteiger partial charge in [-0.15, -0.1) is 0 Å². The minimum absolute atomic E-state index is 0.0260. The van der Waals surface area contributed by atoms with Gasteiger partial charge in [-0.3, -0.25) is 19.5 Å². The predicted molar refractivity (Wildman–Crippen MR) is 149 cm³/mol.